The van der Waals surface area contributed by atoms with Crippen molar-refractivity contribution in [3.05, 3.63) is 87.8 Å². The molecule has 41 heavy (non-hydrogen) atoms. The number of H-pyrrole nitrogens is 1. The maximum absolute atomic E-state index is 13.2. The zero-order valence-electron chi connectivity index (χ0n) is 22.0. The van der Waals surface area contributed by atoms with Crippen LogP contribution in [0.1, 0.15) is 35.6 Å². The van der Waals surface area contributed by atoms with Crippen molar-refractivity contribution in [2.75, 3.05) is 12.0 Å². The number of rotatable bonds is 10. The van der Waals surface area contributed by atoms with E-state index in [0.29, 0.717) is 23.3 Å². The predicted molar refractivity (Wildman–Crippen MR) is 155 cm³/mol. The van der Waals surface area contributed by atoms with E-state index in [1.165, 1.54) is 23.2 Å². The van der Waals surface area contributed by atoms with Gasteiger partial charge in [-0.2, -0.15) is 4.98 Å². The summed E-state index contributed by atoms with van der Waals surface area (Å²) in [5.41, 5.74) is 1.21. The second-order valence-electron chi connectivity index (χ2n) is 9.86. The molecule has 0 aliphatic heterocycles. The number of aromatic amines is 1. The summed E-state index contributed by atoms with van der Waals surface area (Å²) in [6.45, 7) is 0.792. The molecule has 1 aliphatic rings. The van der Waals surface area contributed by atoms with Crippen LogP contribution in [0.25, 0.3) is 21.7 Å². The quantitative estimate of drug-likeness (QED) is 0.145. The second-order valence-corrected chi connectivity index (χ2v) is 10.2. The number of ether oxygens (including phenoxy) is 1. The minimum absolute atomic E-state index is 0.0699. The standard InChI is InChI=1S/C28H28N8O4S/c37-26(31-14-30-19-6-5-17-3-1-2-4-18(17)9-19)23-11-22-24(12-29-23)33-16-36(27(22)38)15-32-20-7-8-21(10-20)39-13-25-34-28(41)40-35-25/h1-6,9,11-12,16,20-21,30,32H,7-8,10,13-15H2,(H,31,37)(H,34,35,41). The van der Waals surface area contributed by atoms with Gasteiger partial charge in [0.05, 0.1) is 42.9 Å². The highest BCUT2D eigenvalue weighted by Gasteiger charge is 2.25. The highest BCUT2D eigenvalue weighted by molar-refractivity contribution is 7.71. The van der Waals surface area contributed by atoms with Crippen molar-refractivity contribution in [1.29, 1.82) is 0 Å². The molecular weight excluding hydrogens is 544 g/mol. The van der Waals surface area contributed by atoms with Gasteiger partial charge in [-0.05, 0) is 60.5 Å². The monoisotopic (exact) mass is 572 g/mol. The molecule has 6 rings (SSSR count). The Bertz CT molecular complexity index is 1820. The molecule has 210 valence electrons. The summed E-state index contributed by atoms with van der Waals surface area (Å²) in [7, 11) is 0. The summed E-state index contributed by atoms with van der Waals surface area (Å²) in [6, 6.07) is 15.7. The molecule has 4 N–H and O–H groups in total. The molecule has 0 spiro atoms. The molecule has 12 nitrogen and oxygen atoms in total. The Morgan fingerprint density at radius 2 is 2.02 bits per heavy atom. The summed E-state index contributed by atoms with van der Waals surface area (Å²) in [5.74, 6) is 0.168. The molecule has 5 aromatic rings. The third-order valence-corrected chi connectivity index (χ3v) is 7.28. The van der Waals surface area contributed by atoms with E-state index in [0.717, 1.165) is 35.7 Å². The number of nitrogens with zero attached hydrogens (tertiary/aromatic N) is 4. The molecular formula is C28H28N8O4S. The van der Waals surface area contributed by atoms with Crippen LogP contribution in [0, 0.1) is 4.84 Å². The number of hydrogen-bond acceptors (Lipinski definition) is 10. The Labute approximate surface area is 239 Å². The Morgan fingerprint density at radius 3 is 2.88 bits per heavy atom. The van der Waals surface area contributed by atoms with Gasteiger partial charge in [-0.1, -0.05) is 30.3 Å². The molecule has 1 fully saturated rings. The van der Waals surface area contributed by atoms with E-state index in [1.807, 2.05) is 42.5 Å². The first-order chi connectivity index (χ1) is 20.0. The van der Waals surface area contributed by atoms with Gasteiger partial charge in [0, 0.05) is 11.7 Å². The number of carbonyl (C=O) groups excluding carboxylic acids is 1. The number of anilines is 1. The molecule has 3 aromatic heterocycles. The number of benzene rings is 2. The lowest BCUT2D eigenvalue weighted by Gasteiger charge is -2.15. The average Bonchev–Trinajstić information content (AvgIpc) is 3.63. The number of hydrogen-bond donors (Lipinski definition) is 4. The molecule has 3 heterocycles. The molecule has 1 saturated carbocycles. The van der Waals surface area contributed by atoms with Gasteiger partial charge in [0.15, 0.2) is 5.82 Å². The SMILES string of the molecule is O=C(NCNc1ccc2ccccc2c1)c1cc2c(=O)n(CNC3CCC(OCc4nc(=S)o[nH]4)C3)cnc2cn1. The van der Waals surface area contributed by atoms with Crippen molar-refractivity contribution in [1.82, 2.24) is 35.3 Å². The fraction of sp³-hybridized carbons (Fsp3) is 0.286. The van der Waals surface area contributed by atoms with Gasteiger partial charge in [0.1, 0.15) is 12.3 Å². The smallest absolute Gasteiger partial charge is 0.314 e. The number of carbonyl (C=O) groups is 1. The predicted octanol–water partition coefficient (Wildman–Crippen LogP) is 3.47. The minimum Gasteiger partial charge on any atom is -0.370 e. The lowest BCUT2D eigenvalue weighted by molar-refractivity contribution is 0.0390. The lowest BCUT2D eigenvalue weighted by Crippen LogP contribution is -2.34. The van der Waals surface area contributed by atoms with Gasteiger partial charge >= 0.3 is 4.84 Å². The normalized spacial score (nSPS) is 16.8. The first-order valence-corrected chi connectivity index (χ1v) is 13.7. The van der Waals surface area contributed by atoms with Gasteiger partial charge < -0.3 is 19.9 Å². The van der Waals surface area contributed by atoms with Gasteiger partial charge in [-0.3, -0.25) is 19.5 Å². The maximum Gasteiger partial charge on any atom is 0.314 e. The molecule has 0 saturated heterocycles. The third-order valence-electron chi connectivity index (χ3n) is 7.11. The van der Waals surface area contributed by atoms with Crippen LogP contribution >= 0.6 is 12.2 Å². The minimum atomic E-state index is -0.391. The molecule has 1 amide bonds. The van der Waals surface area contributed by atoms with Crippen molar-refractivity contribution in [3.8, 4) is 0 Å². The van der Waals surface area contributed by atoms with Crippen LogP contribution in [0.3, 0.4) is 0 Å². The maximum atomic E-state index is 13.2. The number of aromatic nitrogens is 5. The molecule has 0 radical (unpaired) electrons. The van der Waals surface area contributed by atoms with Crippen LogP contribution in [0.2, 0.25) is 0 Å². The largest absolute Gasteiger partial charge is 0.370 e. The van der Waals surface area contributed by atoms with Crippen molar-refractivity contribution < 1.29 is 14.1 Å². The van der Waals surface area contributed by atoms with Crippen molar-refractivity contribution in [3.63, 3.8) is 0 Å². The van der Waals surface area contributed by atoms with Crippen molar-refractivity contribution in [2.24, 2.45) is 0 Å². The van der Waals surface area contributed by atoms with Crippen LogP contribution < -0.4 is 21.5 Å². The van der Waals surface area contributed by atoms with Gasteiger partial charge in [0.25, 0.3) is 11.5 Å². The van der Waals surface area contributed by atoms with Crippen LogP contribution in [0.15, 0.2) is 70.4 Å². The zero-order valence-corrected chi connectivity index (χ0v) is 22.8. The molecule has 2 unspecified atom stereocenters. The highest BCUT2D eigenvalue weighted by Crippen LogP contribution is 2.23. The number of pyridine rings is 1. The second kappa shape index (κ2) is 12.0. The Hall–Kier alpha value is -4.46. The van der Waals surface area contributed by atoms with E-state index < -0.39 is 5.91 Å². The van der Waals surface area contributed by atoms with E-state index in [2.05, 4.69) is 36.1 Å². The number of nitrogens with one attached hydrogen (secondary N) is 4. The Balaban J connectivity index is 1.03. The van der Waals surface area contributed by atoms with E-state index in [4.69, 9.17) is 21.5 Å². The highest BCUT2D eigenvalue weighted by atomic mass is 32.1. The molecule has 2 aromatic carbocycles. The molecule has 2 atom stereocenters. The van der Waals surface area contributed by atoms with Crippen LogP contribution in [0.4, 0.5) is 5.69 Å². The van der Waals surface area contributed by atoms with Crippen LogP contribution in [-0.2, 0) is 18.0 Å². The summed E-state index contributed by atoms with van der Waals surface area (Å²) < 4.78 is 12.3. The van der Waals surface area contributed by atoms with Crippen molar-refractivity contribution in [2.45, 2.75) is 44.7 Å². The number of amides is 1. The van der Waals surface area contributed by atoms with E-state index >= 15 is 0 Å². The fourth-order valence-corrected chi connectivity index (χ4v) is 5.09. The fourth-order valence-electron chi connectivity index (χ4n) is 4.94. The first kappa shape index (κ1) is 26.7. The van der Waals surface area contributed by atoms with E-state index in [9.17, 15) is 9.59 Å². The van der Waals surface area contributed by atoms with Gasteiger partial charge in [-0.25, -0.2) is 15.1 Å². The Kier molecular flexibility index (Phi) is 7.80. The van der Waals surface area contributed by atoms with Gasteiger partial charge in [-0.15, -0.1) is 0 Å². The lowest BCUT2D eigenvalue weighted by atomic mass is 10.1. The summed E-state index contributed by atoms with van der Waals surface area (Å²) in [5, 5.41) is 14.6. The average molecular weight is 573 g/mol. The molecule has 13 heteroatoms. The molecule has 1 aliphatic carbocycles. The zero-order chi connectivity index (χ0) is 28.2. The molecule has 0 bridgehead atoms. The third kappa shape index (κ3) is 6.32. The first-order valence-electron chi connectivity index (χ1n) is 13.3. The summed E-state index contributed by atoms with van der Waals surface area (Å²) >= 11 is 4.85. The summed E-state index contributed by atoms with van der Waals surface area (Å²) in [4.78, 5) is 38.7. The number of fused-ring (bicyclic) bond motifs is 2. The van der Waals surface area contributed by atoms with Gasteiger partial charge in [0.2, 0.25) is 0 Å². The van der Waals surface area contributed by atoms with Crippen LogP contribution in [-0.4, -0.2) is 49.4 Å². The van der Waals surface area contributed by atoms with E-state index in [1.54, 1.807) is 0 Å². The Morgan fingerprint density at radius 1 is 1.15 bits per heavy atom. The topological polar surface area (TPSA) is 152 Å². The van der Waals surface area contributed by atoms with Crippen LogP contribution in [0.5, 0.6) is 0 Å². The van der Waals surface area contributed by atoms with Crippen molar-refractivity contribution >= 4 is 45.5 Å². The summed E-state index contributed by atoms with van der Waals surface area (Å²) in [6.07, 6.45) is 5.61. The van der Waals surface area contributed by atoms with E-state index in [-0.39, 0.29) is 41.6 Å².